The molecule has 4 nitrogen and oxygen atoms in total. The third kappa shape index (κ3) is 2.78. The van der Waals surface area contributed by atoms with Crippen molar-refractivity contribution in [1.29, 1.82) is 0 Å². The van der Waals surface area contributed by atoms with E-state index in [0.29, 0.717) is 11.7 Å². The van der Waals surface area contributed by atoms with Gasteiger partial charge in [0.1, 0.15) is 6.61 Å². The van der Waals surface area contributed by atoms with Gasteiger partial charge in [0, 0.05) is 5.92 Å². The van der Waals surface area contributed by atoms with Crippen LogP contribution in [-0.4, -0.2) is 15.2 Å². The summed E-state index contributed by atoms with van der Waals surface area (Å²) in [7, 11) is 0. The van der Waals surface area contributed by atoms with E-state index in [1.807, 2.05) is 0 Å². The van der Waals surface area contributed by atoms with Gasteiger partial charge in [-0.05, 0) is 12.8 Å². The Balaban J connectivity index is 2.00. The number of hydrogen-bond acceptors (Lipinski definition) is 4. The van der Waals surface area contributed by atoms with E-state index in [1.54, 1.807) is 0 Å². The Morgan fingerprint density at radius 2 is 1.80 bits per heavy atom. The Bertz CT molecular complexity index is 291. The molecule has 1 aliphatic rings. The van der Waals surface area contributed by atoms with Crippen LogP contribution in [0.2, 0.25) is 0 Å². The molecule has 1 fully saturated rings. The minimum absolute atomic E-state index is 0.129. The smallest absolute Gasteiger partial charge is 0.229 e. The van der Waals surface area contributed by atoms with Gasteiger partial charge in [0.15, 0.2) is 5.82 Å². The highest BCUT2D eigenvalue weighted by atomic mass is 16.5. The lowest BCUT2D eigenvalue weighted by Gasteiger charge is -2.15. The van der Waals surface area contributed by atoms with Crippen LogP contribution < -0.4 is 0 Å². The van der Waals surface area contributed by atoms with Crippen molar-refractivity contribution in [2.24, 2.45) is 0 Å². The van der Waals surface area contributed by atoms with Gasteiger partial charge < -0.3 is 9.63 Å². The van der Waals surface area contributed by atoms with Gasteiger partial charge in [-0.15, -0.1) is 0 Å². The van der Waals surface area contributed by atoms with Crippen LogP contribution in [0, 0.1) is 0 Å². The molecular weight excluding hydrogens is 192 g/mol. The summed E-state index contributed by atoms with van der Waals surface area (Å²) in [6, 6.07) is 0. The van der Waals surface area contributed by atoms with E-state index in [0.717, 1.165) is 18.7 Å². The molecule has 84 valence electrons. The van der Waals surface area contributed by atoms with Crippen molar-refractivity contribution in [2.75, 3.05) is 0 Å². The van der Waals surface area contributed by atoms with E-state index in [9.17, 15) is 0 Å². The molecule has 0 unspecified atom stereocenters. The molecule has 0 aliphatic heterocycles. The lowest BCUT2D eigenvalue weighted by atomic mass is 9.91. The maximum absolute atomic E-state index is 8.86. The Hall–Kier alpha value is -0.900. The van der Waals surface area contributed by atoms with Crippen LogP contribution in [0.3, 0.4) is 0 Å². The Morgan fingerprint density at radius 3 is 2.40 bits per heavy atom. The molecule has 1 heterocycles. The van der Waals surface area contributed by atoms with Gasteiger partial charge >= 0.3 is 0 Å². The van der Waals surface area contributed by atoms with Crippen molar-refractivity contribution >= 4 is 0 Å². The normalized spacial score (nSPS) is 19.8. The van der Waals surface area contributed by atoms with Gasteiger partial charge in [-0.3, -0.25) is 0 Å². The molecule has 4 heteroatoms. The number of aromatic nitrogens is 2. The van der Waals surface area contributed by atoms with Gasteiger partial charge in [-0.2, -0.15) is 4.98 Å². The van der Waals surface area contributed by atoms with E-state index in [2.05, 4.69) is 10.1 Å². The van der Waals surface area contributed by atoms with Gasteiger partial charge in [-0.25, -0.2) is 0 Å². The lowest BCUT2D eigenvalue weighted by Crippen LogP contribution is -2.03. The van der Waals surface area contributed by atoms with Crippen molar-refractivity contribution in [3.8, 4) is 0 Å². The van der Waals surface area contributed by atoms with Crippen LogP contribution in [0.15, 0.2) is 4.52 Å². The zero-order chi connectivity index (χ0) is 10.5. The molecule has 1 aromatic heterocycles. The van der Waals surface area contributed by atoms with Crippen molar-refractivity contribution in [3.05, 3.63) is 11.7 Å². The van der Waals surface area contributed by atoms with Gasteiger partial charge in [-0.1, -0.05) is 37.3 Å². The molecule has 1 saturated carbocycles. The quantitative estimate of drug-likeness (QED) is 0.814. The standard InChI is InChI=1S/C11H18N2O2/c14-8-10-12-11(15-13-10)9-6-4-2-1-3-5-7-9/h9,14H,1-8H2. The van der Waals surface area contributed by atoms with Crippen molar-refractivity contribution in [2.45, 2.75) is 57.5 Å². The number of aliphatic hydroxyl groups excluding tert-OH is 1. The first-order chi connectivity index (χ1) is 7.40. The van der Waals surface area contributed by atoms with Crippen LogP contribution in [0.1, 0.15) is 62.6 Å². The van der Waals surface area contributed by atoms with Crippen LogP contribution >= 0.6 is 0 Å². The first kappa shape index (κ1) is 10.6. The molecule has 0 bridgehead atoms. The van der Waals surface area contributed by atoms with Crippen molar-refractivity contribution in [3.63, 3.8) is 0 Å². The summed E-state index contributed by atoms with van der Waals surface area (Å²) in [6.45, 7) is -0.129. The zero-order valence-corrected chi connectivity index (χ0v) is 8.98. The fourth-order valence-electron chi connectivity index (χ4n) is 2.20. The number of rotatable bonds is 2. The zero-order valence-electron chi connectivity index (χ0n) is 8.98. The molecular formula is C11H18N2O2. The Morgan fingerprint density at radius 1 is 1.13 bits per heavy atom. The largest absolute Gasteiger partial charge is 0.388 e. The minimum Gasteiger partial charge on any atom is -0.388 e. The first-order valence-electron chi connectivity index (χ1n) is 5.83. The van der Waals surface area contributed by atoms with E-state index in [1.165, 1.54) is 32.1 Å². The van der Waals surface area contributed by atoms with Crippen LogP contribution in [0.5, 0.6) is 0 Å². The molecule has 1 aliphatic carbocycles. The number of aliphatic hydroxyl groups is 1. The molecule has 0 radical (unpaired) electrons. The summed E-state index contributed by atoms with van der Waals surface area (Å²) in [4.78, 5) is 4.20. The summed E-state index contributed by atoms with van der Waals surface area (Å²) < 4.78 is 5.17. The predicted octanol–water partition coefficient (Wildman–Crippen LogP) is 2.39. The van der Waals surface area contributed by atoms with E-state index < -0.39 is 0 Å². The minimum atomic E-state index is -0.129. The average molecular weight is 210 g/mol. The van der Waals surface area contributed by atoms with Gasteiger partial charge in [0.25, 0.3) is 0 Å². The molecule has 0 aromatic carbocycles. The Labute approximate surface area is 89.7 Å². The first-order valence-corrected chi connectivity index (χ1v) is 5.83. The predicted molar refractivity (Wildman–Crippen MR) is 55.3 cm³/mol. The van der Waals surface area contributed by atoms with E-state index in [4.69, 9.17) is 9.63 Å². The molecule has 1 N–H and O–H groups in total. The summed E-state index contributed by atoms with van der Waals surface area (Å²) in [5.41, 5.74) is 0. The topological polar surface area (TPSA) is 59.2 Å². The molecule has 0 saturated heterocycles. The number of nitrogens with zero attached hydrogens (tertiary/aromatic N) is 2. The average Bonchev–Trinajstić information content (AvgIpc) is 2.65. The van der Waals surface area contributed by atoms with Crippen LogP contribution in [0.4, 0.5) is 0 Å². The van der Waals surface area contributed by atoms with E-state index in [-0.39, 0.29) is 6.61 Å². The van der Waals surface area contributed by atoms with E-state index >= 15 is 0 Å². The highest BCUT2D eigenvalue weighted by Gasteiger charge is 2.19. The third-order valence-electron chi connectivity index (χ3n) is 3.08. The fourth-order valence-corrected chi connectivity index (χ4v) is 2.20. The SMILES string of the molecule is OCc1noc(C2CCCCCCC2)n1. The van der Waals surface area contributed by atoms with Gasteiger partial charge in [0.05, 0.1) is 0 Å². The summed E-state index contributed by atoms with van der Waals surface area (Å²) in [6.07, 6.45) is 8.79. The molecule has 0 spiro atoms. The lowest BCUT2D eigenvalue weighted by molar-refractivity contribution is 0.261. The van der Waals surface area contributed by atoms with Crippen LogP contribution in [0.25, 0.3) is 0 Å². The maximum Gasteiger partial charge on any atom is 0.229 e. The fraction of sp³-hybridized carbons (Fsp3) is 0.818. The highest BCUT2D eigenvalue weighted by Crippen LogP contribution is 2.29. The molecule has 15 heavy (non-hydrogen) atoms. The maximum atomic E-state index is 8.86. The molecule has 1 aromatic rings. The summed E-state index contributed by atoms with van der Waals surface area (Å²) in [5.74, 6) is 1.55. The summed E-state index contributed by atoms with van der Waals surface area (Å²) >= 11 is 0. The Kier molecular flexibility index (Phi) is 3.72. The molecule has 2 rings (SSSR count). The number of hydrogen-bond donors (Lipinski definition) is 1. The summed E-state index contributed by atoms with van der Waals surface area (Å²) in [5, 5.41) is 12.6. The molecule has 0 atom stereocenters. The monoisotopic (exact) mass is 210 g/mol. The second-order valence-electron chi connectivity index (χ2n) is 4.25. The van der Waals surface area contributed by atoms with Crippen molar-refractivity contribution in [1.82, 2.24) is 10.1 Å². The van der Waals surface area contributed by atoms with Gasteiger partial charge in [0.2, 0.25) is 5.89 Å². The third-order valence-corrected chi connectivity index (χ3v) is 3.08. The van der Waals surface area contributed by atoms with Crippen LogP contribution in [-0.2, 0) is 6.61 Å². The second-order valence-corrected chi connectivity index (χ2v) is 4.25. The highest BCUT2D eigenvalue weighted by molar-refractivity contribution is 4.93. The van der Waals surface area contributed by atoms with Crippen molar-refractivity contribution < 1.29 is 9.63 Å². The second kappa shape index (κ2) is 5.26. The molecule has 0 amide bonds.